The van der Waals surface area contributed by atoms with Crippen LogP contribution in [0.3, 0.4) is 0 Å². The van der Waals surface area contributed by atoms with Gasteiger partial charge in [0, 0.05) is 12.4 Å². The van der Waals surface area contributed by atoms with Gasteiger partial charge in [-0.15, -0.1) is 0 Å². The van der Waals surface area contributed by atoms with E-state index in [9.17, 15) is 0 Å². The Kier molecular flexibility index (Phi) is 2.17. The molecular weight excluding hydrogens is 198 g/mol. The molecule has 1 atom stereocenters. The van der Waals surface area contributed by atoms with Gasteiger partial charge >= 0.3 is 0 Å². The highest BCUT2D eigenvalue weighted by molar-refractivity contribution is 5.35. The molecule has 82 valence electrons. The molecule has 3 heteroatoms. The fraction of sp³-hybridized carbons (Fsp3) is 0.308. The second kappa shape index (κ2) is 3.67. The first-order valence-corrected chi connectivity index (χ1v) is 5.72. The van der Waals surface area contributed by atoms with Gasteiger partial charge in [0.25, 0.3) is 0 Å². The van der Waals surface area contributed by atoms with Gasteiger partial charge in [-0.25, -0.2) is 4.98 Å². The maximum Gasteiger partial charge on any atom is 0.200 e. The summed E-state index contributed by atoms with van der Waals surface area (Å²) in [7, 11) is 0. The van der Waals surface area contributed by atoms with Crippen molar-refractivity contribution in [2.45, 2.75) is 25.3 Å². The number of aryl methyl sites for hydroxylation is 1. The molecule has 0 saturated heterocycles. The Hall–Kier alpha value is -1.77. The fourth-order valence-electron chi connectivity index (χ4n) is 2.61. The number of nitrogens with zero attached hydrogens (tertiary/aromatic N) is 2. The second-order valence-corrected chi connectivity index (χ2v) is 4.30. The van der Waals surface area contributed by atoms with E-state index in [-0.39, 0.29) is 0 Å². The van der Waals surface area contributed by atoms with Gasteiger partial charge in [-0.2, -0.15) is 0 Å². The summed E-state index contributed by atoms with van der Waals surface area (Å²) in [5, 5.41) is 0. The number of nitrogen functional groups attached to an aromatic ring is 1. The van der Waals surface area contributed by atoms with Crippen molar-refractivity contribution in [3.05, 3.63) is 47.8 Å². The zero-order chi connectivity index (χ0) is 11.0. The number of aromatic nitrogens is 2. The standard InChI is InChI=1S/C13H15N3/c14-13-15-8-9-16(13)12-7-3-5-10-4-1-2-6-11(10)12/h1-2,4,6,8-9,12H,3,5,7H2,(H2,14,15). The highest BCUT2D eigenvalue weighted by Gasteiger charge is 2.21. The number of imidazole rings is 1. The SMILES string of the molecule is Nc1nccn1C1CCCc2ccccc21. The molecule has 0 amide bonds. The highest BCUT2D eigenvalue weighted by Crippen LogP contribution is 2.33. The van der Waals surface area contributed by atoms with Crippen LogP contribution in [0.1, 0.15) is 30.0 Å². The summed E-state index contributed by atoms with van der Waals surface area (Å²) in [6.45, 7) is 0. The molecule has 1 aromatic heterocycles. The lowest BCUT2D eigenvalue weighted by molar-refractivity contribution is 0.495. The summed E-state index contributed by atoms with van der Waals surface area (Å²) in [6, 6.07) is 9.00. The van der Waals surface area contributed by atoms with E-state index in [4.69, 9.17) is 5.73 Å². The Morgan fingerprint density at radius 2 is 2.19 bits per heavy atom. The van der Waals surface area contributed by atoms with Gasteiger partial charge in [0.2, 0.25) is 5.95 Å². The number of anilines is 1. The van der Waals surface area contributed by atoms with Crippen molar-refractivity contribution in [3.63, 3.8) is 0 Å². The summed E-state index contributed by atoms with van der Waals surface area (Å²) >= 11 is 0. The van der Waals surface area contributed by atoms with Crippen LogP contribution in [-0.4, -0.2) is 9.55 Å². The van der Waals surface area contributed by atoms with Crippen LogP contribution in [0, 0.1) is 0 Å². The topological polar surface area (TPSA) is 43.8 Å². The lowest BCUT2D eigenvalue weighted by Gasteiger charge is -2.27. The maximum atomic E-state index is 5.88. The van der Waals surface area contributed by atoms with Crippen LogP contribution < -0.4 is 5.73 Å². The van der Waals surface area contributed by atoms with Crippen molar-refractivity contribution in [1.29, 1.82) is 0 Å². The Labute approximate surface area is 94.9 Å². The predicted molar refractivity (Wildman–Crippen MR) is 64.2 cm³/mol. The van der Waals surface area contributed by atoms with Crippen molar-refractivity contribution in [3.8, 4) is 0 Å². The molecular formula is C13H15N3. The first-order valence-electron chi connectivity index (χ1n) is 5.72. The van der Waals surface area contributed by atoms with E-state index in [0.717, 1.165) is 6.42 Å². The molecule has 0 radical (unpaired) electrons. The molecule has 3 rings (SSSR count). The number of fused-ring (bicyclic) bond motifs is 1. The summed E-state index contributed by atoms with van der Waals surface area (Å²) in [5.41, 5.74) is 8.73. The monoisotopic (exact) mass is 213 g/mol. The number of rotatable bonds is 1. The zero-order valence-corrected chi connectivity index (χ0v) is 9.13. The van der Waals surface area contributed by atoms with Gasteiger partial charge in [0.15, 0.2) is 0 Å². The predicted octanol–water partition coefficient (Wildman–Crippen LogP) is 2.39. The van der Waals surface area contributed by atoms with Crippen LogP contribution in [0.5, 0.6) is 0 Å². The molecule has 0 saturated carbocycles. The largest absolute Gasteiger partial charge is 0.369 e. The van der Waals surface area contributed by atoms with E-state index in [1.807, 2.05) is 6.20 Å². The minimum absolute atomic E-state index is 0.368. The van der Waals surface area contributed by atoms with Crippen molar-refractivity contribution >= 4 is 5.95 Å². The Balaban J connectivity index is 2.08. The molecule has 2 aromatic rings. The van der Waals surface area contributed by atoms with Crippen LogP contribution in [0.2, 0.25) is 0 Å². The summed E-state index contributed by atoms with van der Waals surface area (Å²) < 4.78 is 2.08. The minimum Gasteiger partial charge on any atom is -0.369 e. The van der Waals surface area contributed by atoms with Crippen LogP contribution in [-0.2, 0) is 6.42 Å². The number of hydrogen-bond donors (Lipinski definition) is 1. The normalized spacial score (nSPS) is 19.4. The maximum absolute atomic E-state index is 5.88. The molecule has 2 N–H and O–H groups in total. The number of hydrogen-bond acceptors (Lipinski definition) is 2. The highest BCUT2D eigenvalue weighted by atomic mass is 15.2. The first kappa shape index (κ1) is 9.46. The van der Waals surface area contributed by atoms with Gasteiger partial charge in [0.05, 0.1) is 6.04 Å². The molecule has 1 heterocycles. The van der Waals surface area contributed by atoms with E-state index in [2.05, 4.69) is 33.8 Å². The third-order valence-corrected chi connectivity index (χ3v) is 3.37. The number of benzene rings is 1. The zero-order valence-electron chi connectivity index (χ0n) is 9.13. The van der Waals surface area contributed by atoms with Gasteiger partial charge < -0.3 is 10.3 Å². The van der Waals surface area contributed by atoms with Crippen molar-refractivity contribution in [2.75, 3.05) is 5.73 Å². The van der Waals surface area contributed by atoms with E-state index in [0.29, 0.717) is 12.0 Å². The average molecular weight is 213 g/mol. The molecule has 1 unspecified atom stereocenters. The molecule has 3 nitrogen and oxygen atoms in total. The first-order chi connectivity index (χ1) is 7.86. The van der Waals surface area contributed by atoms with Gasteiger partial charge in [-0.1, -0.05) is 24.3 Å². The Morgan fingerprint density at radius 1 is 1.31 bits per heavy atom. The number of nitrogens with two attached hydrogens (primary N) is 1. The van der Waals surface area contributed by atoms with Crippen LogP contribution in [0.25, 0.3) is 0 Å². The minimum atomic E-state index is 0.368. The molecule has 1 aromatic carbocycles. The Morgan fingerprint density at radius 3 is 3.00 bits per heavy atom. The van der Waals surface area contributed by atoms with Crippen LogP contribution in [0.15, 0.2) is 36.7 Å². The van der Waals surface area contributed by atoms with E-state index >= 15 is 0 Å². The van der Waals surface area contributed by atoms with Crippen LogP contribution >= 0.6 is 0 Å². The molecule has 1 aliphatic rings. The lowest BCUT2D eigenvalue weighted by Crippen LogP contribution is -2.18. The Bertz CT molecular complexity index is 501. The fourth-order valence-corrected chi connectivity index (χ4v) is 2.61. The quantitative estimate of drug-likeness (QED) is 0.790. The summed E-state index contributed by atoms with van der Waals surface area (Å²) in [4.78, 5) is 4.11. The molecule has 0 aliphatic heterocycles. The summed E-state index contributed by atoms with van der Waals surface area (Å²) in [6.07, 6.45) is 7.30. The van der Waals surface area contributed by atoms with E-state index in [1.54, 1.807) is 6.20 Å². The smallest absolute Gasteiger partial charge is 0.200 e. The van der Waals surface area contributed by atoms with Gasteiger partial charge in [0.1, 0.15) is 0 Å². The third-order valence-electron chi connectivity index (χ3n) is 3.37. The molecule has 16 heavy (non-hydrogen) atoms. The molecule has 0 bridgehead atoms. The van der Waals surface area contributed by atoms with Gasteiger partial charge in [-0.3, -0.25) is 0 Å². The van der Waals surface area contributed by atoms with E-state index in [1.165, 1.54) is 24.0 Å². The third kappa shape index (κ3) is 1.40. The lowest BCUT2D eigenvalue weighted by atomic mass is 9.87. The molecule has 0 fully saturated rings. The second-order valence-electron chi connectivity index (χ2n) is 4.30. The molecule has 1 aliphatic carbocycles. The summed E-state index contributed by atoms with van der Waals surface area (Å²) in [5.74, 6) is 0.613. The van der Waals surface area contributed by atoms with Gasteiger partial charge in [-0.05, 0) is 30.4 Å². The van der Waals surface area contributed by atoms with E-state index < -0.39 is 0 Å². The van der Waals surface area contributed by atoms with Crippen molar-refractivity contribution in [2.24, 2.45) is 0 Å². The van der Waals surface area contributed by atoms with Crippen LogP contribution in [0.4, 0.5) is 5.95 Å². The average Bonchev–Trinajstić information content (AvgIpc) is 2.75. The molecule has 0 spiro atoms. The van der Waals surface area contributed by atoms with Crippen molar-refractivity contribution < 1.29 is 0 Å². The van der Waals surface area contributed by atoms with Crippen molar-refractivity contribution in [1.82, 2.24) is 9.55 Å².